The number of aromatic nitrogens is 1. The van der Waals surface area contributed by atoms with Crippen LogP contribution in [0.3, 0.4) is 0 Å². The summed E-state index contributed by atoms with van der Waals surface area (Å²) in [7, 11) is 0. The van der Waals surface area contributed by atoms with Crippen molar-refractivity contribution in [2.24, 2.45) is 0 Å². The number of carbonyl (C=O) groups excluding carboxylic acids is 1. The van der Waals surface area contributed by atoms with Crippen LogP contribution >= 0.6 is 0 Å². The van der Waals surface area contributed by atoms with Gasteiger partial charge in [-0.05, 0) is 6.07 Å². The van der Waals surface area contributed by atoms with E-state index in [1.807, 2.05) is 0 Å². The van der Waals surface area contributed by atoms with Gasteiger partial charge in [-0.3, -0.25) is 9.59 Å². The van der Waals surface area contributed by atoms with Gasteiger partial charge in [0.1, 0.15) is 0 Å². The van der Waals surface area contributed by atoms with Gasteiger partial charge in [0.05, 0.1) is 5.69 Å². The van der Waals surface area contributed by atoms with Crippen molar-refractivity contribution in [3.63, 3.8) is 0 Å². The lowest BCUT2D eigenvalue weighted by molar-refractivity contribution is 0.110. The third kappa shape index (κ3) is 1.71. The minimum Gasteiger partial charge on any atom is -0.503 e. The molecule has 0 unspecified atom stereocenters. The van der Waals surface area contributed by atoms with E-state index < -0.39 is 29.0 Å². The van der Waals surface area contributed by atoms with Crippen molar-refractivity contribution in [3.8, 4) is 5.75 Å². The predicted octanol–water partition coefficient (Wildman–Crippen LogP) is 0.831. The van der Waals surface area contributed by atoms with E-state index in [4.69, 9.17) is 5.11 Å². The Bertz CT molecular complexity index is 386. The quantitative estimate of drug-likeness (QED) is 0.677. The lowest BCUT2D eigenvalue weighted by Crippen LogP contribution is -2.11. The zero-order valence-corrected chi connectivity index (χ0v) is 6.25. The highest BCUT2D eigenvalue weighted by Gasteiger charge is 2.15. The van der Waals surface area contributed by atoms with Gasteiger partial charge < -0.3 is 10.1 Å². The second-order valence-electron chi connectivity index (χ2n) is 2.27. The summed E-state index contributed by atoms with van der Waals surface area (Å²) in [6.07, 6.45) is -2.81. The number of aldehydes is 1. The molecule has 4 nitrogen and oxygen atoms in total. The summed E-state index contributed by atoms with van der Waals surface area (Å²) in [5.74, 6) is -0.758. The van der Waals surface area contributed by atoms with Gasteiger partial charge >= 0.3 is 0 Å². The molecule has 0 saturated carbocycles. The lowest BCUT2D eigenvalue weighted by atomic mass is 10.2. The van der Waals surface area contributed by atoms with Crippen molar-refractivity contribution in [2.45, 2.75) is 6.43 Å². The van der Waals surface area contributed by atoms with Gasteiger partial charge in [0, 0.05) is 5.56 Å². The van der Waals surface area contributed by atoms with E-state index in [1.54, 1.807) is 4.98 Å². The van der Waals surface area contributed by atoms with Gasteiger partial charge in [-0.25, -0.2) is 8.78 Å². The van der Waals surface area contributed by atoms with E-state index in [1.165, 1.54) is 0 Å². The molecule has 70 valence electrons. The average Bonchev–Trinajstić information content (AvgIpc) is 2.08. The number of alkyl halides is 2. The number of pyridine rings is 1. The number of halogens is 2. The molecule has 0 aliphatic carbocycles. The first-order chi connectivity index (χ1) is 6.06. The summed E-state index contributed by atoms with van der Waals surface area (Å²) in [6.45, 7) is 0. The molecular formula is C7H5F2NO3. The molecule has 0 saturated heterocycles. The molecule has 0 radical (unpaired) electrons. The van der Waals surface area contributed by atoms with Crippen molar-refractivity contribution < 1.29 is 18.7 Å². The number of hydrogen-bond donors (Lipinski definition) is 2. The smallest absolute Gasteiger partial charge is 0.290 e. The van der Waals surface area contributed by atoms with Crippen LogP contribution in [0.4, 0.5) is 8.78 Å². The Hall–Kier alpha value is -1.72. The van der Waals surface area contributed by atoms with Gasteiger partial charge in [0.2, 0.25) is 0 Å². The maximum Gasteiger partial charge on any atom is 0.290 e. The minimum atomic E-state index is -2.95. The molecular weight excluding hydrogens is 184 g/mol. The summed E-state index contributed by atoms with van der Waals surface area (Å²) < 4.78 is 24.2. The maximum absolute atomic E-state index is 12.1. The molecule has 6 heteroatoms. The Balaban J connectivity index is 3.41. The second-order valence-corrected chi connectivity index (χ2v) is 2.27. The van der Waals surface area contributed by atoms with Gasteiger partial charge in [-0.2, -0.15) is 0 Å². The molecule has 1 aromatic heterocycles. The molecule has 1 rings (SSSR count). The zero-order chi connectivity index (χ0) is 10.0. The first kappa shape index (κ1) is 9.37. The number of rotatable bonds is 2. The minimum absolute atomic E-state index is 0.136. The van der Waals surface area contributed by atoms with Crippen LogP contribution in [0.5, 0.6) is 5.75 Å². The van der Waals surface area contributed by atoms with Gasteiger partial charge in [-0.15, -0.1) is 0 Å². The molecule has 1 heterocycles. The van der Waals surface area contributed by atoms with Gasteiger partial charge in [0.25, 0.3) is 12.0 Å². The fourth-order valence-corrected chi connectivity index (χ4v) is 0.827. The van der Waals surface area contributed by atoms with Crippen molar-refractivity contribution in [3.05, 3.63) is 27.7 Å². The Morgan fingerprint density at radius 1 is 1.54 bits per heavy atom. The largest absolute Gasteiger partial charge is 0.503 e. The Morgan fingerprint density at radius 2 is 2.15 bits per heavy atom. The monoisotopic (exact) mass is 189 g/mol. The van der Waals surface area contributed by atoms with Crippen LogP contribution < -0.4 is 5.56 Å². The van der Waals surface area contributed by atoms with Crippen molar-refractivity contribution in [2.75, 3.05) is 0 Å². The third-order valence-electron chi connectivity index (χ3n) is 1.43. The highest BCUT2D eigenvalue weighted by atomic mass is 19.3. The van der Waals surface area contributed by atoms with Crippen molar-refractivity contribution in [1.29, 1.82) is 0 Å². The number of hydrogen-bond acceptors (Lipinski definition) is 3. The normalized spacial score (nSPS) is 10.4. The van der Waals surface area contributed by atoms with E-state index in [-0.39, 0.29) is 6.29 Å². The number of aromatic hydroxyl groups is 1. The van der Waals surface area contributed by atoms with E-state index in [9.17, 15) is 18.4 Å². The van der Waals surface area contributed by atoms with E-state index in [2.05, 4.69) is 0 Å². The number of nitrogens with one attached hydrogen (secondary N) is 1. The van der Waals surface area contributed by atoms with Crippen molar-refractivity contribution in [1.82, 2.24) is 4.98 Å². The molecule has 13 heavy (non-hydrogen) atoms. The summed E-state index contributed by atoms with van der Waals surface area (Å²) in [5, 5.41) is 8.79. The lowest BCUT2D eigenvalue weighted by Gasteiger charge is -2.02. The molecule has 0 fully saturated rings. The Kier molecular flexibility index (Phi) is 2.41. The first-order valence-corrected chi connectivity index (χ1v) is 3.25. The highest BCUT2D eigenvalue weighted by Crippen LogP contribution is 2.19. The fourth-order valence-electron chi connectivity index (χ4n) is 0.827. The van der Waals surface area contributed by atoms with Gasteiger partial charge in [0.15, 0.2) is 12.0 Å². The van der Waals surface area contributed by atoms with Crippen LogP contribution in [-0.2, 0) is 0 Å². The number of aromatic amines is 1. The predicted molar refractivity (Wildman–Crippen MR) is 39.1 cm³/mol. The average molecular weight is 189 g/mol. The second kappa shape index (κ2) is 3.34. The van der Waals surface area contributed by atoms with Crippen LogP contribution in [0.25, 0.3) is 0 Å². The summed E-state index contributed by atoms with van der Waals surface area (Å²) >= 11 is 0. The van der Waals surface area contributed by atoms with E-state index in [0.29, 0.717) is 6.07 Å². The van der Waals surface area contributed by atoms with Crippen LogP contribution in [0, 0.1) is 0 Å². The number of carbonyl (C=O) groups is 1. The molecule has 0 bridgehead atoms. The van der Waals surface area contributed by atoms with E-state index in [0.717, 1.165) is 0 Å². The molecule has 0 aromatic carbocycles. The Labute approximate surface area is 70.8 Å². The molecule has 0 atom stereocenters. The van der Waals surface area contributed by atoms with Crippen LogP contribution in [-0.4, -0.2) is 16.4 Å². The fraction of sp³-hybridized carbons (Fsp3) is 0.143. The summed E-state index contributed by atoms with van der Waals surface area (Å²) in [6, 6.07) is 0.702. The summed E-state index contributed by atoms with van der Waals surface area (Å²) in [4.78, 5) is 22.6. The standard InChI is InChI=1S/C7H5F2NO3/c8-6(9)5-3(2-11)1-4(12)7(13)10-5/h1-2,6,12H,(H,10,13). The SMILES string of the molecule is O=Cc1cc(O)c(=O)[nH]c1C(F)F. The molecule has 0 spiro atoms. The number of H-pyrrole nitrogens is 1. The van der Waals surface area contributed by atoms with Gasteiger partial charge in [-0.1, -0.05) is 0 Å². The van der Waals surface area contributed by atoms with Crippen molar-refractivity contribution >= 4 is 6.29 Å². The molecule has 0 aliphatic rings. The first-order valence-electron chi connectivity index (χ1n) is 3.25. The van der Waals surface area contributed by atoms with Crippen LogP contribution in [0.1, 0.15) is 22.5 Å². The molecule has 1 aromatic rings. The molecule has 2 N–H and O–H groups in total. The maximum atomic E-state index is 12.1. The highest BCUT2D eigenvalue weighted by molar-refractivity contribution is 5.77. The Morgan fingerprint density at radius 3 is 2.62 bits per heavy atom. The van der Waals surface area contributed by atoms with Crippen LogP contribution in [0.15, 0.2) is 10.9 Å². The molecule has 0 amide bonds. The zero-order valence-electron chi connectivity index (χ0n) is 6.25. The van der Waals surface area contributed by atoms with E-state index >= 15 is 0 Å². The summed E-state index contributed by atoms with van der Waals surface area (Å²) in [5.41, 5.74) is -2.24. The third-order valence-corrected chi connectivity index (χ3v) is 1.43. The topological polar surface area (TPSA) is 70.2 Å². The molecule has 0 aliphatic heterocycles. The van der Waals surface area contributed by atoms with Crippen LogP contribution in [0.2, 0.25) is 0 Å².